The van der Waals surface area contributed by atoms with Crippen molar-refractivity contribution in [2.75, 3.05) is 13.1 Å². The van der Waals surface area contributed by atoms with E-state index < -0.39 is 0 Å². The van der Waals surface area contributed by atoms with Gasteiger partial charge in [-0.2, -0.15) is 0 Å². The van der Waals surface area contributed by atoms with Crippen molar-refractivity contribution in [3.63, 3.8) is 0 Å². The van der Waals surface area contributed by atoms with Crippen LogP contribution in [0.5, 0.6) is 0 Å². The first-order valence-corrected chi connectivity index (χ1v) is 12.3. The van der Waals surface area contributed by atoms with Crippen molar-refractivity contribution in [2.24, 2.45) is 11.8 Å². The van der Waals surface area contributed by atoms with E-state index in [4.69, 9.17) is 10.4 Å². The first-order valence-electron chi connectivity index (χ1n) is 12.3. The van der Waals surface area contributed by atoms with Crippen LogP contribution in [0.1, 0.15) is 41.8 Å². The molecule has 0 radical (unpaired) electrons. The number of fused-ring (bicyclic) bond motifs is 2. The van der Waals surface area contributed by atoms with Crippen LogP contribution >= 0.6 is 0 Å². The molecular formula is C28H31N5O2. The number of hydrogen-bond acceptors (Lipinski definition) is 4. The van der Waals surface area contributed by atoms with Gasteiger partial charge in [0.2, 0.25) is 0 Å². The van der Waals surface area contributed by atoms with E-state index in [-0.39, 0.29) is 22.5 Å². The lowest BCUT2D eigenvalue weighted by Gasteiger charge is -2.35. The Labute approximate surface area is 204 Å². The number of nitrogens with one attached hydrogen (secondary N) is 1. The van der Waals surface area contributed by atoms with Gasteiger partial charge in [-0.25, -0.2) is 4.98 Å². The third-order valence-corrected chi connectivity index (χ3v) is 6.99. The second-order valence-electron chi connectivity index (χ2n) is 9.99. The molecule has 180 valence electrons. The zero-order valence-electron chi connectivity index (χ0n) is 20.5. The molecule has 1 N–H and O–H groups in total. The fourth-order valence-corrected chi connectivity index (χ4v) is 5.36. The Morgan fingerprint density at radius 1 is 1.06 bits per heavy atom. The van der Waals surface area contributed by atoms with Crippen LogP contribution in [-0.2, 0) is 13.0 Å². The Bertz CT molecular complexity index is 1530. The molecule has 1 aliphatic rings. The van der Waals surface area contributed by atoms with Crippen molar-refractivity contribution in [1.82, 2.24) is 18.9 Å². The number of aryl methyl sites for hydroxylation is 3. The summed E-state index contributed by atoms with van der Waals surface area (Å²) in [6.07, 6.45) is 3.45. The molecule has 4 aromatic rings. The first kappa shape index (κ1) is 23.0. The van der Waals surface area contributed by atoms with Crippen molar-refractivity contribution in [1.29, 1.82) is 5.41 Å². The highest BCUT2D eigenvalue weighted by Gasteiger charge is 2.28. The zero-order chi connectivity index (χ0) is 24.7. The van der Waals surface area contributed by atoms with Crippen LogP contribution in [0.15, 0.2) is 59.5 Å². The molecule has 1 aromatic carbocycles. The molecule has 4 heterocycles. The number of carbonyl (C=O) groups is 1. The molecule has 7 nitrogen and oxygen atoms in total. The van der Waals surface area contributed by atoms with Crippen molar-refractivity contribution in [3.05, 3.63) is 87.3 Å². The van der Waals surface area contributed by atoms with Crippen molar-refractivity contribution >= 4 is 22.6 Å². The fraction of sp³-hybridized carbons (Fsp3) is 0.357. The molecule has 5 rings (SSSR count). The third kappa shape index (κ3) is 4.27. The van der Waals surface area contributed by atoms with E-state index >= 15 is 0 Å². The molecule has 3 aromatic heterocycles. The maximum atomic E-state index is 13.7. The van der Waals surface area contributed by atoms with Gasteiger partial charge in [0.1, 0.15) is 16.8 Å². The Kier molecular flexibility index (Phi) is 6.01. The Morgan fingerprint density at radius 3 is 2.49 bits per heavy atom. The lowest BCUT2D eigenvalue weighted by Crippen LogP contribution is -2.45. The predicted molar refractivity (Wildman–Crippen MR) is 137 cm³/mol. The largest absolute Gasteiger partial charge is 0.338 e. The van der Waals surface area contributed by atoms with Crippen LogP contribution in [0.2, 0.25) is 0 Å². The maximum absolute atomic E-state index is 13.7. The van der Waals surface area contributed by atoms with Crippen LogP contribution in [0.3, 0.4) is 0 Å². The second-order valence-corrected chi connectivity index (χ2v) is 9.99. The number of carbonyl (C=O) groups excluding carboxylic acids is 1. The molecule has 1 fully saturated rings. The molecular weight excluding hydrogens is 438 g/mol. The van der Waals surface area contributed by atoms with Crippen LogP contribution in [0.25, 0.3) is 16.7 Å². The second kappa shape index (κ2) is 9.13. The van der Waals surface area contributed by atoms with Gasteiger partial charge in [-0.1, -0.05) is 50.2 Å². The molecule has 1 amide bonds. The van der Waals surface area contributed by atoms with Gasteiger partial charge in [-0.05, 0) is 54.9 Å². The third-order valence-electron chi connectivity index (χ3n) is 6.99. The van der Waals surface area contributed by atoms with Gasteiger partial charge < -0.3 is 9.47 Å². The quantitative estimate of drug-likeness (QED) is 0.462. The monoisotopic (exact) mass is 469 g/mol. The minimum atomic E-state index is -0.225. The van der Waals surface area contributed by atoms with Gasteiger partial charge in [0.15, 0.2) is 0 Å². The van der Waals surface area contributed by atoms with Crippen LogP contribution in [-0.4, -0.2) is 37.8 Å². The first-order chi connectivity index (χ1) is 16.8. The van der Waals surface area contributed by atoms with Crippen molar-refractivity contribution in [3.8, 4) is 0 Å². The summed E-state index contributed by atoms with van der Waals surface area (Å²) in [5, 5.41) is 9.40. The topological polar surface area (TPSA) is 83.5 Å². The van der Waals surface area contributed by atoms with Gasteiger partial charge in [0, 0.05) is 25.8 Å². The van der Waals surface area contributed by atoms with Crippen molar-refractivity contribution < 1.29 is 4.79 Å². The number of hydrogen-bond donors (Lipinski definition) is 1. The van der Waals surface area contributed by atoms with Gasteiger partial charge >= 0.3 is 0 Å². The number of aromatic nitrogens is 3. The van der Waals surface area contributed by atoms with Gasteiger partial charge in [0.05, 0.1) is 10.9 Å². The van der Waals surface area contributed by atoms with Crippen molar-refractivity contribution in [2.45, 2.75) is 40.2 Å². The number of rotatable bonds is 4. The van der Waals surface area contributed by atoms with E-state index in [0.717, 1.165) is 17.5 Å². The Balaban J connectivity index is 1.70. The highest BCUT2D eigenvalue weighted by molar-refractivity contribution is 5.97. The Hall–Kier alpha value is -3.74. The minimum Gasteiger partial charge on any atom is -0.338 e. The van der Waals surface area contributed by atoms with E-state index in [1.54, 1.807) is 16.8 Å². The number of pyridine rings is 2. The number of benzene rings is 1. The standard InChI is InChI=1S/C28H31N5O2/c1-18-14-19(2)17-31(16-18)27(34)22-15-23-26(30-25-20(3)8-7-12-33(25)28(23)35)32(24(22)29)13-11-21-9-5-4-6-10-21/h4-10,12,15,18-19,29H,11,13-14,16-17H2,1-3H3. The normalized spacial score (nSPS) is 18.3. The van der Waals surface area contributed by atoms with Gasteiger partial charge in [-0.3, -0.25) is 19.4 Å². The highest BCUT2D eigenvalue weighted by Crippen LogP contribution is 2.23. The summed E-state index contributed by atoms with van der Waals surface area (Å²) < 4.78 is 3.27. The summed E-state index contributed by atoms with van der Waals surface area (Å²) in [5.41, 5.74) is 3.16. The van der Waals surface area contributed by atoms with E-state index in [1.165, 1.54) is 4.40 Å². The summed E-state index contributed by atoms with van der Waals surface area (Å²) in [4.78, 5) is 33.9. The zero-order valence-corrected chi connectivity index (χ0v) is 20.5. The summed E-state index contributed by atoms with van der Waals surface area (Å²) in [5.74, 6) is 0.626. The molecule has 35 heavy (non-hydrogen) atoms. The summed E-state index contributed by atoms with van der Waals surface area (Å²) in [6, 6.07) is 15.4. The molecule has 2 unspecified atom stereocenters. The lowest BCUT2D eigenvalue weighted by atomic mass is 9.91. The Morgan fingerprint density at radius 2 is 1.77 bits per heavy atom. The SMILES string of the molecule is Cc1cccn2c(=O)c3cc(C(=O)N4CC(C)CC(C)C4)c(=N)n(CCc4ccccc4)c3nc12. The molecule has 7 heteroatoms. The van der Waals surface area contributed by atoms with E-state index in [2.05, 4.69) is 13.8 Å². The molecule has 0 saturated carbocycles. The summed E-state index contributed by atoms with van der Waals surface area (Å²) in [7, 11) is 0. The van der Waals surface area contributed by atoms with E-state index in [9.17, 15) is 9.59 Å². The van der Waals surface area contributed by atoms with Crippen LogP contribution < -0.4 is 11.0 Å². The molecule has 0 bridgehead atoms. The average molecular weight is 470 g/mol. The minimum absolute atomic E-state index is 0.106. The summed E-state index contributed by atoms with van der Waals surface area (Å²) >= 11 is 0. The predicted octanol–water partition coefficient (Wildman–Crippen LogP) is 3.80. The molecule has 1 aliphatic heterocycles. The average Bonchev–Trinajstić information content (AvgIpc) is 2.84. The van der Waals surface area contributed by atoms with Crippen LogP contribution in [0.4, 0.5) is 0 Å². The maximum Gasteiger partial charge on any atom is 0.267 e. The van der Waals surface area contributed by atoms with Gasteiger partial charge in [0.25, 0.3) is 11.5 Å². The van der Waals surface area contributed by atoms with E-state index in [1.807, 2.05) is 54.3 Å². The number of amides is 1. The highest BCUT2D eigenvalue weighted by atomic mass is 16.2. The molecule has 1 saturated heterocycles. The molecule has 2 atom stereocenters. The van der Waals surface area contributed by atoms with Gasteiger partial charge in [-0.15, -0.1) is 0 Å². The summed E-state index contributed by atoms with van der Waals surface area (Å²) in [6.45, 7) is 8.00. The lowest BCUT2D eigenvalue weighted by molar-refractivity contribution is 0.0620. The molecule has 0 aliphatic carbocycles. The smallest absolute Gasteiger partial charge is 0.267 e. The number of likely N-dealkylation sites (tertiary alicyclic amines) is 1. The fourth-order valence-electron chi connectivity index (χ4n) is 5.36. The van der Waals surface area contributed by atoms with E-state index in [0.29, 0.717) is 54.6 Å². The number of piperidine rings is 1. The number of nitrogens with zero attached hydrogens (tertiary/aromatic N) is 4. The van der Waals surface area contributed by atoms with Crippen LogP contribution in [0, 0.1) is 24.2 Å². The molecule has 0 spiro atoms.